The summed E-state index contributed by atoms with van der Waals surface area (Å²) in [6.07, 6.45) is 1.93. The maximum atomic E-state index is 12.3. The van der Waals surface area contributed by atoms with Crippen molar-refractivity contribution in [2.75, 3.05) is 13.7 Å². The van der Waals surface area contributed by atoms with Gasteiger partial charge in [0, 0.05) is 5.56 Å². The van der Waals surface area contributed by atoms with Crippen LogP contribution in [-0.2, 0) is 4.79 Å². The number of para-hydroxylation sites is 1. The topological polar surface area (TPSA) is 50.4 Å². The van der Waals surface area contributed by atoms with E-state index >= 15 is 0 Å². The number of hydrogen-bond acceptors (Lipinski definition) is 3. The molecule has 1 heterocycles. The van der Waals surface area contributed by atoms with Crippen LogP contribution in [0.3, 0.4) is 0 Å². The standard InChI is InChI=1S/C15H22N2O2/c1-11(12-7-4-5-8-13(12)19-3)17-14(18)15(2)9-6-10-16-15/h4-5,7-8,11,16H,6,9-10H2,1-3H3,(H,17,18)/t11-,15?/m0/s1. The molecule has 1 unspecified atom stereocenters. The summed E-state index contributed by atoms with van der Waals surface area (Å²) in [6, 6.07) is 7.71. The second-order valence-electron chi connectivity index (χ2n) is 5.30. The van der Waals surface area contributed by atoms with Crippen LogP contribution in [0.25, 0.3) is 0 Å². The zero-order chi connectivity index (χ0) is 13.9. The molecule has 2 N–H and O–H groups in total. The minimum atomic E-state index is -0.434. The van der Waals surface area contributed by atoms with Crippen LogP contribution in [0, 0.1) is 0 Å². The Morgan fingerprint density at radius 3 is 2.84 bits per heavy atom. The second-order valence-corrected chi connectivity index (χ2v) is 5.30. The highest BCUT2D eigenvalue weighted by molar-refractivity contribution is 5.86. The number of hydrogen-bond donors (Lipinski definition) is 2. The Labute approximate surface area is 114 Å². The highest BCUT2D eigenvalue weighted by atomic mass is 16.5. The molecule has 1 amide bonds. The van der Waals surface area contributed by atoms with Crippen LogP contribution in [0.5, 0.6) is 5.75 Å². The van der Waals surface area contributed by atoms with Gasteiger partial charge in [0.2, 0.25) is 5.91 Å². The zero-order valence-electron chi connectivity index (χ0n) is 11.8. The van der Waals surface area contributed by atoms with E-state index in [1.165, 1.54) is 0 Å². The van der Waals surface area contributed by atoms with Crippen molar-refractivity contribution in [3.8, 4) is 5.75 Å². The molecular weight excluding hydrogens is 240 g/mol. The number of benzene rings is 1. The van der Waals surface area contributed by atoms with Gasteiger partial charge in [-0.05, 0) is 39.3 Å². The Morgan fingerprint density at radius 1 is 1.47 bits per heavy atom. The smallest absolute Gasteiger partial charge is 0.240 e. The van der Waals surface area contributed by atoms with E-state index in [0.29, 0.717) is 0 Å². The highest BCUT2D eigenvalue weighted by Crippen LogP contribution is 2.26. The maximum Gasteiger partial charge on any atom is 0.240 e. The summed E-state index contributed by atoms with van der Waals surface area (Å²) in [7, 11) is 1.65. The van der Waals surface area contributed by atoms with Crippen molar-refractivity contribution in [2.45, 2.75) is 38.3 Å². The molecule has 0 saturated carbocycles. The van der Waals surface area contributed by atoms with Crippen LogP contribution >= 0.6 is 0 Å². The number of amides is 1. The summed E-state index contributed by atoms with van der Waals surface area (Å²) >= 11 is 0. The molecule has 2 atom stereocenters. The number of nitrogens with one attached hydrogen (secondary N) is 2. The molecule has 1 aromatic rings. The fourth-order valence-corrected chi connectivity index (χ4v) is 2.55. The molecule has 1 aliphatic heterocycles. The van der Waals surface area contributed by atoms with E-state index in [4.69, 9.17) is 4.74 Å². The number of ether oxygens (including phenoxy) is 1. The van der Waals surface area contributed by atoms with Crippen molar-refractivity contribution in [2.24, 2.45) is 0 Å². The first-order chi connectivity index (χ1) is 9.07. The van der Waals surface area contributed by atoms with E-state index in [-0.39, 0.29) is 11.9 Å². The van der Waals surface area contributed by atoms with Crippen molar-refractivity contribution in [1.82, 2.24) is 10.6 Å². The van der Waals surface area contributed by atoms with Gasteiger partial charge in [-0.1, -0.05) is 18.2 Å². The van der Waals surface area contributed by atoms with Crippen molar-refractivity contribution < 1.29 is 9.53 Å². The van der Waals surface area contributed by atoms with Crippen molar-refractivity contribution in [3.63, 3.8) is 0 Å². The van der Waals surface area contributed by atoms with Gasteiger partial charge in [-0.25, -0.2) is 0 Å². The SMILES string of the molecule is COc1ccccc1[C@H](C)NC(=O)C1(C)CCCN1. The van der Waals surface area contributed by atoms with E-state index in [2.05, 4.69) is 10.6 Å². The molecule has 2 rings (SSSR count). The number of carbonyl (C=O) groups is 1. The van der Waals surface area contributed by atoms with Crippen LogP contribution in [0.1, 0.15) is 38.3 Å². The Bertz CT molecular complexity index is 453. The summed E-state index contributed by atoms with van der Waals surface area (Å²) in [5, 5.41) is 6.35. The van der Waals surface area contributed by atoms with Crippen LogP contribution in [0.4, 0.5) is 0 Å². The van der Waals surface area contributed by atoms with Crippen LogP contribution in [0.2, 0.25) is 0 Å². The number of methoxy groups -OCH3 is 1. The summed E-state index contributed by atoms with van der Waals surface area (Å²) in [6.45, 7) is 4.85. The Hall–Kier alpha value is -1.55. The number of carbonyl (C=O) groups excluding carboxylic acids is 1. The third-order valence-electron chi connectivity index (χ3n) is 3.82. The van der Waals surface area contributed by atoms with Gasteiger partial charge in [0.15, 0.2) is 0 Å². The monoisotopic (exact) mass is 262 g/mol. The first-order valence-electron chi connectivity index (χ1n) is 6.76. The molecule has 0 spiro atoms. The molecule has 1 fully saturated rings. The average molecular weight is 262 g/mol. The lowest BCUT2D eigenvalue weighted by Crippen LogP contribution is -2.51. The van der Waals surface area contributed by atoms with Crippen LogP contribution in [-0.4, -0.2) is 25.1 Å². The van der Waals surface area contributed by atoms with E-state index in [1.54, 1.807) is 7.11 Å². The fourth-order valence-electron chi connectivity index (χ4n) is 2.55. The Balaban J connectivity index is 2.08. The van der Waals surface area contributed by atoms with Gasteiger partial charge in [-0.15, -0.1) is 0 Å². The molecule has 0 radical (unpaired) electrons. The molecular formula is C15H22N2O2. The summed E-state index contributed by atoms with van der Waals surface area (Å²) in [5.74, 6) is 0.864. The maximum absolute atomic E-state index is 12.3. The van der Waals surface area contributed by atoms with Gasteiger partial charge in [0.1, 0.15) is 5.75 Å². The molecule has 0 aliphatic carbocycles. The molecule has 1 saturated heterocycles. The van der Waals surface area contributed by atoms with E-state index in [9.17, 15) is 4.79 Å². The third kappa shape index (κ3) is 2.89. The lowest BCUT2D eigenvalue weighted by Gasteiger charge is -2.26. The predicted molar refractivity (Wildman–Crippen MR) is 75.2 cm³/mol. The molecule has 0 bridgehead atoms. The van der Waals surface area contributed by atoms with Gasteiger partial charge >= 0.3 is 0 Å². The predicted octanol–water partition coefficient (Wildman–Crippen LogP) is 2.01. The van der Waals surface area contributed by atoms with Gasteiger partial charge in [0.05, 0.1) is 18.7 Å². The molecule has 1 aliphatic rings. The van der Waals surface area contributed by atoms with Gasteiger partial charge < -0.3 is 15.4 Å². The molecule has 4 heteroatoms. The van der Waals surface area contributed by atoms with Gasteiger partial charge in [-0.2, -0.15) is 0 Å². The Morgan fingerprint density at radius 2 is 2.21 bits per heavy atom. The van der Waals surface area contributed by atoms with Crippen molar-refractivity contribution in [1.29, 1.82) is 0 Å². The van der Waals surface area contributed by atoms with E-state index in [0.717, 1.165) is 30.7 Å². The van der Waals surface area contributed by atoms with E-state index < -0.39 is 5.54 Å². The minimum Gasteiger partial charge on any atom is -0.496 e. The zero-order valence-corrected chi connectivity index (χ0v) is 11.8. The number of rotatable bonds is 4. The summed E-state index contributed by atoms with van der Waals surface area (Å²) < 4.78 is 5.33. The quantitative estimate of drug-likeness (QED) is 0.872. The average Bonchev–Trinajstić information content (AvgIpc) is 2.87. The first kappa shape index (κ1) is 13.9. The normalized spacial score (nSPS) is 23.9. The summed E-state index contributed by atoms with van der Waals surface area (Å²) in [5.41, 5.74) is 0.566. The third-order valence-corrected chi connectivity index (χ3v) is 3.82. The summed E-state index contributed by atoms with van der Waals surface area (Å²) in [4.78, 5) is 12.3. The second kappa shape index (κ2) is 5.61. The fraction of sp³-hybridized carbons (Fsp3) is 0.533. The minimum absolute atomic E-state index is 0.0587. The van der Waals surface area contributed by atoms with Crippen LogP contribution in [0.15, 0.2) is 24.3 Å². The van der Waals surface area contributed by atoms with Crippen molar-refractivity contribution in [3.05, 3.63) is 29.8 Å². The molecule has 4 nitrogen and oxygen atoms in total. The molecule has 1 aromatic carbocycles. The Kier molecular flexibility index (Phi) is 4.10. The molecule has 0 aromatic heterocycles. The lowest BCUT2D eigenvalue weighted by molar-refractivity contribution is -0.127. The first-order valence-corrected chi connectivity index (χ1v) is 6.76. The van der Waals surface area contributed by atoms with Gasteiger partial charge in [0.25, 0.3) is 0 Å². The lowest BCUT2D eigenvalue weighted by atomic mass is 9.98. The molecule has 104 valence electrons. The van der Waals surface area contributed by atoms with Crippen LogP contribution < -0.4 is 15.4 Å². The largest absolute Gasteiger partial charge is 0.496 e. The van der Waals surface area contributed by atoms with E-state index in [1.807, 2.05) is 38.1 Å². The van der Waals surface area contributed by atoms with Crippen molar-refractivity contribution >= 4 is 5.91 Å². The molecule has 19 heavy (non-hydrogen) atoms. The highest BCUT2D eigenvalue weighted by Gasteiger charge is 2.36. The van der Waals surface area contributed by atoms with Gasteiger partial charge in [-0.3, -0.25) is 4.79 Å².